The fourth-order valence-electron chi connectivity index (χ4n) is 3.83. The van der Waals surface area contributed by atoms with E-state index in [1.165, 1.54) is 31.0 Å². The SMILES string of the molecule is Cc1oc(-c2cccc(C(F)(F)F)c2)cc1C(=O)Nc1nc(CC(C)N2CCCC2)ns1. The number of aryl methyl sites for hydroxylation is 1. The van der Waals surface area contributed by atoms with Crippen molar-refractivity contribution in [2.45, 2.75) is 45.3 Å². The minimum Gasteiger partial charge on any atom is -0.461 e. The van der Waals surface area contributed by atoms with E-state index < -0.39 is 17.6 Å². The van der Waals surface area contributed by atoms with Crippen molar-refractivity contribution in [2.75, 3.05) is 18.4 Å². The lowest BCUT2D eigenvalue weighted by atomic mass is 10.1. The Morgan fingerprint density at radius 1 is 1.28 bits per heavy atom. The minimum absolute atomic E-state index is 0.191. The van der Waals surface area contributed by atoms with E-state index in [0.29, 0.717) is 29.2 Å². The lowest BCUT2D eigenvalue weighted by molar-refractivity contribution is -0.137. The van der Waals surface area contributed by atoms with Crippen LogP contribution in [0, 0.1) is 6.92 Å². The number of furan rings is 1. The molecule has 32 heavy (non-hydrogen) atoms. The monoisotopic (exact) mass is 464 g/mol. The van der Waals surface area contributed by atoms with Crippen LogP contribution in [0.2, 0.25) is 0 Å². The van der Waals surface area contributed by atoms with Gasteiger partial charge in [0.1, 0.15) is 17.3 Å². The van der Waals surface area contributed by atoms with Gasteiger partial charge in [0.15, 0.2) is 0 Å². The first-order valence-electron chi connectivity index (χ1n) is 10.4. The highest BCUT2D eigenvalue weighted by molar-refractivity contribution is 7.09. The van der Waals surface area contributed by atoms with Crippen LogP contribution in [-0.4, -0.2) is 39.3 Å². The topological polar surface area (TPSA) is 71.3 Å². The Morgan fingerprint density at radius 3 is 2.75 bits per heavy atom. The van der Waals surface area contributed by atoms with Crippen LogP contribution in [0.4, 0.5) is 18.3 Å². The van der Waals surface area contributed by atoms with Crippen LogP contribution in [0.3, 0.4) is 0 Å². The molecule has 1 N–H and O–H groups in total. The van der Waals surface area contributed by atoms with E-state index in [0.717, 1.165) is 36.8 Å². The average Bonchev–Trinajstić information content (AvgIpc) is 3.49. The Kier molecular flexibility index (Phi) is 6.34. The summed E-state index contributed by atoms with van der Waals surface area (Å²) >= 11 is 1.10. The molecule has 170 valence electrons. The second kappa shape index (κ2) is 9.03. The van der Waals surface area contributed by atoms with Gasteiger partial charge in [0.2, 0.25) is 5.13 Å². The summed E-state index contributed by atoms with van der Waals surface area (Å²) < 4.78 is 48.9. The largest absolute Gasteiger partial charge is 0.461 e. The molecule has 0 spiro atoms. The van der Waals surface area contributed by atoms with Crippen molar-refractivity contribution in [2.24, 2.45) is 0 Å². The quantitative estimate of drug-likeness (QED) is 0.529. The first-order chi connectivity index (χ1) is 15.2. The van der Waals surface area contributed by atoms with Crippen LogP contribution in [0.15, 0.2) is 34.7 Å². The van der Waals surface area contributed by atoms with E-state index in [4.69, 9.17) is 4.42 Å². The summed E-state index contributed by atoms with van der Waals surface area (Å²) in [5.41, 5.74) is -0.296. The number of hydrogen-bond acceptors (Lipinski definition) is 6. The number of nitrogens with one attached hydrogen (secondary N) is 1. The Hall–Kier alpha value is -2.72. The molecule has 0 saturated carbocycles. The lowest BCUT2D eigenvalue weighted by Gasteiger charge is -2.22. The van der Waals surface area contributed by atoms with Crippen molar-refractivity contribution in [3.05, 3.63) is 53.0 Å². The zero-order chi connectivity index (χ0) is 22.9. The molecule has 0 radical (unpaired) electrons. The summed E-state index contributed by atoms with van der Waals surface area (Å²) in [6.07, 6.45) is -1.33. The molecule has 1 fully saturated rings. The maximum absolute atomic E-state index is 13.0. The molecule has 2 aromatic heterocycles. The van der Waals surface area contributed by atoms with Crippen molar-refractivity contribution in [3.8, 4) is 11.3 Å². The normalized spacial score (nSPS) is 15.8. The number of hydrogen-bond donors (Lipinski definition) is 1. The summed E-state index contributed by atoms with van der Waals surface area (Å²) in [7, 11) is 0. The van der Waals surface area contributed by atoms with Crippen LogP contribution in [0.25, 0.3) is 11.3 Å². The highest BCUT2D eigenvalue weighted by atomic mass is 32.1. The van der Waals surface area contributed by atoms with Gasteiger partial charge in [0.05, 0.1) is 11.1 Å². The van der Waals surface area contributed by atoms with Gasteiger partial charge in [0, 0.05) is 29.6 Å². The van der Waals surface area contributed by atoms with Crippen molar-refractivity contribution in [3.63, 3.8) is 0 Å². The molecular formula is C22H23F3N4O2S. The number of carbonyl (C=O) groups is 1. The molecule has 1 amide bonds. The molecule has 1 atom stereocenters. The lowest BCUT2D eigenvalue weighted by Crippen LogP contribution is -2.32. The molecule has 3 heterocycles. The number of likely N-dealkylation sites (tertiary alicyclic amines) is 1. The van der Waals surface area contributed by atoms with Crippen LogP contribution < -0.4 is 5.32 Å². The van der Waals surface area contributed by atoms with E-state index in [1.807, 2.05) is 0 Å². The molecule has 4 rings (SSSR count). The molecule has 0 aliphatic carbocycles. The third kappa shape index (κ3) is 5.02. The predicted molar refractivity (Wildman–Crippen MR) is 116 cm³/mol. The molecule has 6 nitrogen and oxygen atoms in total. The number of carbonyl (C=O) groups excluding carboxylic acids is 1. The fourth-order valence-corrected chi connectivity index (χ4v) is 4.42. The first kappa shape index (κ1) is 22.5. The molecule has 1 aromatic carbocycles. The highest BCUT2D eigenvalue weighted by Gasteiger charge is 2.31. The maximum Gasteiger partial charge on any atom is 0.416 e. The number of aromatic nitrogens is 2. The maximum atomic E-state index is 13.0. The Balaban J connectivity index is 1.45. The van der Waals surface area contributed by atoms with Gasteiger partial charge in [-0.25, -0.2) is 4.98 Å². The van der Waals surface area contributed by atoms with Gasteiger partial charge in [-0.3, -0.25) is 10.1 Å². The molecule has 0 bridgehead atoms. The molecule has 1 aliphatic rings. The zero-order valence-corrected chi connectivity index (χ0v) is 18.5. The van der Waals surface area contributed by atoms with Gasteiger partial charge < -0.3 is 9.32 Å². The summed E-state index contributed by atoms with van der Waals surface area (Å²) in [6, 6.07) is 6.58. The van der Waals surface area contributed by atoms with Gasteiger partial charge in [-0.15, -0.1) is 0 Å². The van der Waals surface area contributed by atoms with E-state index in [1.54, 1.807) is 6.92 Å². The number of benzene rings is 1. The van der Waals surface area contributed by atoms with Gasteiger partial charge in [-0.1, -0.05) is 12.1 Å². The van der Waals surface area contributed by atoms with Crippen molar-refractivity contribution >= 4 is 22.6 Å². The molecule has 1 unspecified atom stereocenters. The molecule has 1 saturated heterocycles. The Bertz CT molecular complexity index is 1100. The van der Waals surface area contributed by atoms with Crippen LogP contribution in [0.1, 0.15) is 47.3 Å². The number of rotatable bonds is 6. The van der Waals surface area contributed by atoms with Crippen LogP contribution in [-0.2, 0) is 12.6 Å². The first-order valence-corrected chi connectivity index (χ1v) is 11.1. The predicted octanol–water partition coefficient (Wildman–Crippen LogP) is 5.40. The minimum atomic E-state index is -4.46. The van der Waals surface area contributed by atoms with Crippen LogP contribution >= 0.6 is 11.5 Å². The third-order valence-electron chi connectivity index (χ3n) is 5.57. The number of amides is 1. The summed E-state index contributed by atoms with van der Waals surface area (Å²) in [5, 5.41) is 3.09. The average molecular weight is 465 g/mol. The fraction of sp³-hybridized carbons (Fsp3) is 0.409. The standard InChI is InChI=1S/C22H23F3N4O2S/c1-13(29-8-3-4-9-29)10-19-26-21(32-28-19)27-20(30)17-12-18(31-14(17)2)15-6-5-7-16(11-15)22(23,24)25/h5-7,11-13H,3-4,8-10H2,1-2H3,(H,26,27,28,30). The van der Waals surface area contributed by atoms with Crippen LogP contribution in [0.5, 0.6) is 0 Å². The number of nitrogens with zero attached hydrogens (tertiary/aromatic N) is 3. The van der Waals surface area contributed by atoms with E-state index in [2.05, 4.69) is 26.5 Å². The zero-order valence-electron chi connectivity index (χ0n) is 17.7. The Morgan fingerprint density at radius 2 is 2.03 bits per heavy atom. The van der Waals surface area contributed by atoms with Gasteiger partial charge in [0.25, 0.3) is 5.91 Å². The van der Waals surface area contributed by atoms with Gasteiger partial charge in [-0.2, -0.15) is 17.5 Å². The number of anilines is 1. The summed E-state index contributed by atoms with van der Waals surface area (Å²) in [5.74, 6) is 0.733. The summed E-state index contributed by atoms with van der Waals surface area (Å²) in [4.78, 5) is 19.5. The smallest absolute Gasteiger partial charge is 0.416 e. The third-order valence-corrected chi connectivity index (χ3v) is 6.24. The molecule has 1 aliphatic heterocycles. The van der Waals surface area contributed by atoms with E-state index in [9.17, 15) is 18.0 Å². The second-order valence-corrected chi connectivity index (χ2v) is 8.68. The van der Waals surface area contributed by atoms with Crippen molar-refractivity contribution in [1.82, 2.24) is 14.3 Å². The van der Waals surface area contributed by atoms with E-state index >= 15 is 0 Å². The molecule has 10 heteroatoms. The summed E-state index contributed by atoms with van der Waals surface area (Å²) in [6.45, 7) is 5.91. The molecule has 3 aromatic rings. The van der Waals surface area contributed by atoms with Crippen molar-refractivity contribution in [1.29, 1.82) is 0 Å². The number of halogens is 3. The highest BCUT2D eigenvalue weighted by Crippen LogP contribution is 2.33. The van der Waals surface area contributed by atoms with Gasteiger partial charge >= 0.3 is 6.18 Å². The number of alkyl halides is 3. The van der Waals surface area contributed by atoms with E-state index in [-0.39, 0.29) is 16.9 Å². The molecular weight excluding hydrogens is 441 g/mol. The van der Waals surface area contributed by atoms with Gasteiger partial charge in [-0.05, 0) is 58.0 Å². The second-order valence-electron chi connectivity index (χ2n) is 7.93. The van der Waals surface area contributed by atoms with Crippen molar-refractivity contribution < 1.29 is 22.4 Å². The Labute approximate surface area is 187 Å².